The third kappa shape index (κ3) is 6.03. The van der Waals surface area contributed by atoms with Crippen LogP contribution in [0, 0.1) is 5.92 Å². The van der Waals surface area contributed by atoms with Crippen LogP contribution in [0.1, 0.15) is 19.3 Å². The molecule has 3 nitrogen and oxygen atoms in total. The van der Waals surface area contributed by atoms with Crippen molar-refractivity contribution in [3.63, 3.8) is 0 Å². The van der Waals surface area contributed by atoms with Gasteiger partial charge in [0.1, 0.15) is 0 Å². The molecule has 1 amide bonds. The van der Waals surface area contributed by atoms with E-state index in [2.05, 4.69) is 29.9 Å². The van der Waals surface area contributed by atoms with Gasteiger partial charge in [-0.25, -0.2) is 0 Å². The predicted molar refractivity (Wildman–Crippen MR) is 78.9 cm³/mol. The first-order chi connectivity index (χ1) is 8.27. The number of carbonyl (C=O) groups excluding carboxylic acids is 1. The first kappa shape index (κ1) is 16.9. The Balaban J connectivity index is 0.00000289. The van der Waals surface area contributed by atoms with Crippen LogP contribution in [0.15, 0.2) is 37.0 Å². The molecule has 0 saturated heterocycles. The molecule has 102 valence electrons. The molecule has 0 aromatic heterocycles. The van der Waals surface area contributed by atoms with Crippen LogP contribution in [0.25, 0.3) is 0 Å². The van der Waals surface area contributed by atoms with Crippen LogP contribution in [-0.2, 0) is 4.79 Å². The van der Waals surface area contributed by atoms with Crippen LogP contribution >= 0.6 is 12.4 Å². The second-order valence-electron chi connectivity index (χ2n) is 4.28. The van der Waals surface area contributed by atoms with Gasteiger partial charge in [0.05, 0.1) is 0 Å². The lowest BCUT2D eigenvalue weighted by molar-refractivity contribution is -0.124. The van der Waals surface area contributed by atoms with Gasteiger partial charge >= 0.3 is 0 Å². The molecule has 4 heteroatoms. The van der Waals surface area contributed by atoms with Gasteiger partial charge in [-0.15, -0.1) is 25.6 Å². The van der Waals surface area contributed by atoms with E-state index in [0.29, 0.717) is 19.4 Å². The molecule has 0 fully saturated rings. The van der Waals surface area contributed by atoms with E-state index in [1.165, 1.54) is 5.57 Å². The van der Waals surface area contributed by atoms with Crippen molar-refractivity contribution < 1.29 is 4.79 Å². The van der Waals surface area contributed by atoms with Crippen molar-refractivity contribution in [1.29, 1.82) is 0 Å². The summed E-state index contributed by atoms with van der Waals surface area (Å²) in [4.78, 5) is 11.9. The van der Waals surface area contributed by atoms with Crippen LogP contribution in [0.5, 0.6) is 0 Å². The minimum atomic E-state index is -0.0210. The minimum absolute atomic E-state index is 0. The molecule has 0 saturated carbocycles. The van der Waals surface area contributed by atoms with E-state index in [0.717, 1.165) is 19.5 Å². The van der Waals surface area contributed by atoms with Crippen molar-refractivity contribution in [3.05, 3.63) is 37.0 Å². The molecule has 0 spiro atoms. The highest BCUT2D eigenvalue weighted by Crippen LogP contribution is 2.10. The molecule has 2 N–H and O–H groups in total. The fourth-order valence-electron chi connectivity index (χ4n) is 1.89. The summed E-state index contributed by atoms with van der Waals surface area (Å²) in [6, 6.07) is 0. The van der Waals surface area contributed by atoms with Crippen molar-refractivity contribution >= 4 is 18.3 Å². The third-order valence-corrected chi connectivity index (χ3v) is 2.92. The van der Waals surface area contributed by atoms with Crippen LogP contribution in [-0.4, -0.2) is 25.5 Å². The summed E-state index contributed by atoms with van der Waals surface area (Å²) in [6.45, 7) is 9.95. The molecule has 0 bridgehead atoms. The van der Waals surface area contributed by atoms with Crippen molar-refractivity contribution in [2.45, 2.75) is 19.3 Å². The quantitative estimate of drug-likeness (QED) is 0.697. The van der Waals surface area contributed by atoms with Gasteiger partial charge in [0, 0.05) is 19.0 Å². The smallest absolute Gasteiger partial charge is 0.223 e. The third-order valence-electron chi connectivity index (χ3n) is 2.92. The van der Waals surface area contributed by atoms with Crippen molar-refractivity contribution in [1.82, 2.24) is 10.6 Å². The number of rotatable bonds is 7. The molecular formula is C14H23ClN2O. The number of allylic oxidation sites excluding steroid dienone is 2. The van der Waals surface area contributed by atoms with Gasteiger partial charge in [0.15, 0.2) is 0 Å². The molecule has 1 heterocycles. The van der Waals surface area contributed by atoms with Crippen molar-refractivity contribution in [3.8, 4) is 0 Å². The zero-order chi connectivity index (χ0) is 12.5. The van der Waals surface area contributed by atoms with E-state index in [9.17, 15) is 4.79 Å². The van der Waals surface area contributed by atoms with Crippen LogP contribution in [0.3, 0.4) is 0 Å². The highest BCUT2D eigenvalue weighted by molar-refractivity contribution is 5.85. The molecule has 1 rings (SSSR count). The molecule has 0 aromatic carbocycles. The van der Waals surface area contributed by atoms with E-state index >= 15 is 0 Å². The highest BCUT2D eigenvalue weighted by atomic mass is 35.5. The lowest BCUT2D eigenvalue weighted by atomic mass is 10.00. The fourth-order valence-corrected chi connectivity index (χ4v) is 1.89. The summed E-state index contributed by atoms with van der Waals surface area (Å²) in [5, 5.41) is 6.24. The largest absolute Gasteiger partial charge is 0.352 e. The Morgan fingerprint density at radius 3 is 2.61 bits per heavy atom. The highest BCUT2D eigenvalue weighted by Gasteiger charge is 2.15. The van der Waals surface area contributed by atoms with Gasteiger partial charge in [-0.3, -0.25) is 4.79 Å². The van der Waals surface area contributed by atoms with Crippen molar-refractivity contribution in [2.24, 2.45) is 5.92 Å². The lowest BCUT2D eigenvalue weighted by Crippen LogP contribution is -2.33. The zero-order valence-electron chi connectivity index (χ0n) is 10.8. The average molecular weight is 271 g/mol. The lowest BCUT2D eigenvalue weighted by Gasteiger charge is -2.17. The topological polar surface area (TPSA) is 41.1 Å². The fraction of sp³-hybridized carbons (Fsp3) is 0.500. The Hall–Kier alpha value is -1.06. The SMILES string of the molecule is C=CCC(CC=C)C(=O)NCC1=CCNCC1.Cl. The molecule has 0 unspecified atom stereocenters. The molecule has 1 aliphatic heterocycles. The van der Waals surface area contributed by atoms with Gasteiger partial charge < -0.3 is 10.6 Å². The maximum atomic E-state index is 11.9. The van der Waals surface area contributed by atoms with Crippen LogP contribution in [0.2, 0.25) is 0 Å². The zero-order valence-corrected chi connectivity index (χ0v) is 11.6. The van der Waals surface area contributed by atoms with Gasteiger partial charge in [-0.2, -0.15) is 0 Å². The van der Waals surface area contributed by atoms with Crippen LogP contribution in [0.4, 0.5) is 0 Å². The molecule has 0 aliphatic carbocycles. The molecule has 1 aliphatic rings. The summed E-state index contributed by atoms with van der Waals surface area (Å²) in [5.41, 5.74) is 1.31. The van der Waals surface area contributed by atoms with Gasteiger partial charge in [-0.05, 0) is 25.8 Å². The first-order valence-corrected chi connectivity index (χ1v) is 6.16. The summed E-state index contributed by atoms with van der Waals surface area (Å²) < 4.78 is 0. The Morgan fingerprint density at radius 1 is 1.44 bits per heavy atom. The Bertz CT molecular complexity index is 303. The van der Waals surface area contributed by atoms with E-state index in [-0.39, 0.29) is 24.2 Å². The molecule has 18 heavy (non-hydrogen) atoms. The molecule has 0 atom stereocenters. The first-order valence-electron chi connectivity index (χ1n) is 6.16. The normalized spacial score (nSPS) is 14.4. The van der Waals surface area contributed by atoms with E-state index in [1.807, 2.05) is 0 Å². The summed E-state index contributed by atoms with van der Waals surface area (Å²) >= 11 is 0. The van der Waals surface area contributed by atoms with Crippen LogP contribution < -0.4 is 10.6 Å². The Labute approximate surface area is 116 Å². The summed E-state index contributed by atoms with van der Waals surface area (Å²) in [7, 11) is 0. The number of halogens is 1. The number of nitrogens with one attached hydrogen (secondary N) is 2. The van der Waals surface area contributed by atoms with E-state index in [4.69, 9.17) is 0 Å². The molecule has 0 aromatic rings. The minimum Gasteiger partial charge on any atom is -0.352 e. The Morgan fingerprint density at radius 2 is 2.11 bits per heavy atom. The van der Waals surface area contributed by atoms with Gasteiger partial charge in [0.25, 0.3) is 0 Å². The van der Waals surface area contributed by atoms with E-state index < -0.39 is 0 Å². The molecular weight excluding hydrogens is 248 g/mol. The van der Waals surface area contributed by atoms with E-state index in [1.54, 1.807) is 12.2 Å². The van der Waals surface area contributed by atoms with Crippen molar-refractivity contribution in [2.75, 3.05) is 19.6 Å². The second-order valence-corrected chi connectivity index (χ2v) is 4.28. The predicted octanol–water partition coefficient (Wildman–Crippen LogP) is 2.21. The number of hydrogen-bond donors (Lipinski definition) is 2. The van der Waals surface area contributed by atoms with Gasteiger partial charge in [-0.1, -0.05) is 23.8 Å². The summed E-state index contributed by atoms with van der Waals surface area (Å²) in [6.07, 6.45) is 8.17. The number of carbonyl (C=O) groups is 1. The monoisotopic (exact) mass is 270 g/mol. The van der Waals surface area contributed by atoms with Gasteiger partial charge in [0.2, 0.25) is 5.91 Å². The number of amides is 1. The average Bonchev–Trinajstić information content (AvgIpc) is 2.37. The second kappa shape index (κ2) is 9.92. The molecule has 0 radical (unpaired) electrons. The standard InChI is InChI=1S/C14H22N2O.ClH/c1-3-5-13(6-4-2)14(17)16-11-12-7-9-15-10-8-12;/h3-4,7,13,15H,1-2,5-6,8-11H2,(H,16,17);1H. The maximum Gasteiger partial charge on any atom is 0.223 e. The summed E-state index contributed by atoms with van der Waals surface area (Å²) in [5.74, 6) is 0.0801. The maximum absolute atomic E-state index is 11.9. The Kier molecular flexibility index (Phi) is 9.33. The number of hydrogen-bond acceptors (Lipinski definition) is 2.